The monoisotopic (exact) mass is 296 g/mol. The summed E-state index contributed by atoms with van der Waals surface area (Å²) >= 11 is 11.1. The number of hydrogen-bond donors (Lipinski definition) is 2. The fraction of sp³-hybridized carbons (Fsp3) is 0.500. The molecule has 3 unspecified atom stereocenters. The smallest absolute Gasteiger partial charge is 0.106 e. The topological polar surface area (TPSA) is 49.5 Å². The Labute approximate surface area is 123 Å². The molecule has 2 aliphatic rings. The fourth-order valence-electron chi connectivity index (χ4n) is 3.41. The van der Waals surface area contributed by atoms with Crippen LogP contribution in [0.4, 0.5) is 5.69 Å². The second-order valence-electron chi connectivity index (χ2n) is 5.50. The van der Waals surface area contributed by atoms with Crippen LogP contribution in [0.1, 0.15) is 18.4 Å². The molecule has 3 N–H and O–H groups in total. The van der Waals surface area contributed by atoms with E-state index in [2.05, 4.69) is 4.90 Å². The van der Waals surface area contributed by atoms with Crippen LogP contribution in [0.2, 0.25) is 5.02 Å². The second-order valence-corrected chi connectivity index (χ2v) is 6.38. The molecule has 1 aliphatic heterocycles. The molecule has 0 bridgehead atoms. The average molecular weight is 297 g/mol. The lowest BCUT2D eigenvalue weighted by atomic mass is 10.00. The second kappa shape index (κ2) is 4.93. The first-order valence-electron chi connectivity index (χ1n) is 6.58. The van der Waals surface area contributed by atoms with Gasteiger partial charge in [-0.3, -0.25) is 0 Å². The van der Waals surface area contributed by atoms with E-state index in [-0.39, 0.29) is 6.10 Å². The van der Waals surface area contributed by atoms with Gasteiger partial charge in [-0.1, -0.05) is 23.8 Å². The molecular weight excluding hydrogens is 280 g/mol. The summed E-state index contributed by atoms with van der Waals surface area (Å²) in [6.45, 7) is 1.85. The predicted octanol–water partition coefficient (Wildman–Crippen LogP) is 2.18. The number of nitrogens with two attached hydrogens (primary N) is 1. The van der Waals surface area contributed by atoms with E-state index in [9.17, 15) is 5.11 Å². The SMILES string of the molecule is NC(=S)c1cc(Cl)ccc1N1CC2CCC(O)C2C1. The molecule has 1 aliphatic carbocycles. The van der Waals surface area contributed by atoms with Crippen LogP contribution in [0.5, 0.6) is 0 Å². The Morgan fingerprint density at radius 1 is 1.37 bits per heavy atom. The summed E-state index contributed by atoms with van der Waals surface area (Å²) in [6.07, 6.45) is 1.89. The van der Waals surface area contributed by atoms with Gasteiger partial charge < -0.3 is 15.7 Å². The van der Waals surface area contributed by atoms with Crippen molar-refractivity contribution >= 4 is 34.5 Å². The Bertz CT molecular complexity index is 522. The first-order valence-corrected chi connectivity index (χ1v) is 7.37. The van der Waals surface area contributed by atoms with E-state index in [0.29, 0.717) is 21.8 Å². The lowest BCUT2D eigenvalue weighted by Gasteiger charge is -2.23. The van der Waals surface area contributed by atoms with Crippen LogP contribution in [0.25, 0.3) is 0 Å². The first-order chi connectivity index (χ1) is 9.06. The van der Waals surface area contributed by atoms with Gasteiger partial charge in [-0.15, -0.1) is 0 Å². The van der Waals surface area contributed by atoms with Gasteiger partial charge >= 0.3 is 0 Å². The number of halogens is 1. The molecule has 0 amide bonds. The van der Waals surface area contributed by atoms with E-state index in [4.69, 9.17) is 29.6 Å². The number of aliphatic hydroxyl groups excluding tert-OH is 1. The van der Waals surface area contributed by atoms with Gasteiger partial charge in [0.25, 0.3) is 0 Å². The third-order valence-corrected chi connectivity index (χ3v) is 4.84. The highest BCUT2D eigenvalue weighted by molar-refractivity contribution is 7.80. The van der Waals surface area contributed by atoms with Gasteiger partial charge in [0.1, 0.15) is 4.99 Å². The van der Waals surface area contributed by atoms with E-state index in [1.165, 1.54) is 0 Å². The molecule has 5 heteroatoms. The molecule has 1 aromatic carbocycles. The van der Waals surface area contributed by atoms with Gasteiger partial charge in [-0.2, -0.15) is 0 Å². The number of fused-ring (bicyclic) bond motifs is 1. The van der Waals surface area contributed by atoms with Crippen molar-refractivity contribution in [3.8, 4) is 0 Å². The van der Waals surface area contributed by atoms with Crippen molar-refractivity contribution in [2.75, 3.05) is 18.0 Å². The number of nitrogens with zero attached hydrogens (tertiary/aromatic N) is 1. The lowest BCUT2D eigenvalue weighted by molar-refractivity contribution is 0.133. The fourth-order valence-corrected chi connectivity index (χ4v) is 3.75. The van der Waals surface area contributed by atoms with Gasteiger partial charge in [-0.05, 0) is 37.0 Å². The standard InChI is InChI=1S/C14H17ClN2OS/c15-9-2-3-12(10(5-9)14(16)19)17-6-8-1-4-13(18)11(8)7-17/h2-3,5,8,11,13,18H,1,4,6-7H2,(H2,16,19). The Hall–Kier alpha value is -0.840. The molecule has 102 valence electrons. The summed E-state index contributed by atoms with van der Waals surface area (Å²) in [5.41, 5.74) is 7.66. The zero-order valence-corrected chi connectivity index (χ0v) is 12.1. The van der Waals surface area contributed by atoms with Crippen LogP contribution in [0.3, 0.4) is 0 Å². The molecular formula is C14H17ClN2OS. The van der Waals surface area contributed by atoms with Crippen molar-refractivity contribution in [3.63, 3.8) is 0 Å². The summed E-state index contributed by atoms with van der Waals surface area (Å²) in [4.78, 5) is 2.65. The maximum atomic E-state index is 9.99. The number of benzene rings is 1. The molecule has 2 fully saturated rings. The molecule has 0 radical (unpaired) electrons. The molecule has 1 saturated heterocycles. The van der Waals surface area contributed by atoms with E-state index in [1.54, 1.807) is 0 Å². The molecule has 1 saturated carbocycles. The first kappa shape index (κ1) is 13.2. The van der Waals surface area contributed by atoms with Crippen molar-refractivity contribution in [3.05, 3.63) is 28.8 Å². The van der Waals surface area contributed by atoms with Crippen LogP contribution in [-0.4, -0.2) is 29.3 Å². The molecule has 1 heterocycles. The number of anilines is 1. The normalized spacial score (nSPS) is 29.6. The van der Waals surface area contributed by atoms with Crippen molar-refractivity contribution < 1.29 is 5.11 Å². The van der Waals surface area contributed by atoms with E-state index in [1.807, 2.05) is 18.2 Å². The zero-order chi connectivity index (χ0) is 13.6. The van der Waals surface area contributed by atoms with Crippen LogP contribution < -0.4 is 10.6 Å². The molecule has 3 rings (SSSR count). The minimum absolute atomic E-state index is 0.157. The van der Waals surface area contributed by atoms with Gasteiger partial charge in [0.15, 0.2) is 0 Å². The quantitative estimate of drug-likeness (QED) is 0.822. The average Bonchev–Trinajstić information content (AvgIpc) is 2.92. The maximum absolute atomic E-state index is 9.99. The van der Waals surface area contributed by atoms with Crippen molar-refractivity contribution in [1.82, 2.24) is 0 Å². The summed E-state index contributed by atoms with van der Waals surface area (Å²) < 4.78 is 0. The van der Waals surface area contributed by atoms with Crippen LogP contribution in [0.15, 0.2) is 18.2 Å². The number of rotatable bonds is 2. The summed E-state index contributed by atoms with van der Waals surface area (Å²) in [6, 6.07) is 5.66. The van der Waals surface area contributed by atoms with Gasteiger partial charge in [-0.25, -0.2) is 0 Å². The van der Waals surface area contributed by atoms with Gasteiger partial charge in [0.05, 0.1) is 6.10 Å². The minimum atomic E-state index is -0.157. The van der Waals surface area contributed by atoms with Crippen LogP contribution in [0, 0.1) is 11.8 Å². The Kier molecular flexibility index (Phi) is 3.41. The molecule has 0 aromatic heterocycles. The number of hydrogen-bond acceptors (Lipinski definition) is 3. The maximum Gasteiger partial charge on any atom is 0.106 e. The largest absolute Gasteiger partial charge is 0.393 e. The molecule has 3 atom stereocenters. The lowest BCUT2D eigenvalue weighted by Crippen LogP contribution is -2.26. The highest BCUT2D eigenvalue weighted by Crippen LogP contribution is 2.40. The van der Waals surface area contributed by atoms with Crippen LogP contribution >= 0.6 is 23.8 Å². The zero-order valence-electron chi connectivity index (χ0n) is 10.6. The molecule has 1 aromatic rings. The predicted molar refractivity (Wildman–Crippen MR) is 81.8 cm³/mol. The Morgan fingerprint density at radius 3 is 2.84 bits per heavy atom. The third kappa shape index (κ3) is 2.33. The number of thiocarbonyl (C=S) groups is 1. The van der Waals surface area contributed by atoms with Crippen molar-refractivity contribution in [1.29, 1.82) is 0 Å². The van der Waals surface area contributed by atoms with Gasteiger partial charge in [0, 0.05) is 35.3 Å². The molecule has 19 heavy (non-hydrogen) atoms. The highest BCUT2D eigenvalue weighted by atomic mass is 35.5. The Balaban J connectivity index is 1.90. The van der Waals surface area contributed by atoms with Crippen LogP contribution in [-0.2, 0) is 0 Å². The summed E-state index contributed by atoms with van der Waals surface area (Å²) in [5.74, 6) is 0.972. The minimum Gasteiger partial charge on any atom is -0.393 e. The van der Waals surface area contributed by atoms with E-state index in [0.717, 1.165) is 37.2 Å². The van der Waals surface area contributed by atoms with Crippen molar-refractivity contribution in [2.24, 2.45) is 17.6 Å². The highest BCUT2D eigenvalue weighted by Gasteiger charge is 2.42. The third-order valence-electron chi connectivity index (χ3n) is 4.38. The summed E-state index contributed by atoms with van der Waals surface area (Å²) in [5, 5.41) is 10.6. The van der Waals surface area contributed by atoms with E-state index >= 15 is 0 Å². The molecule has 0 spiro atoms. The Morgan fingerprint density at radius 2 is 2.16 bits per heavy atom. The van der Waals surface area contributed by atoms with Gasteiger partial charge in [0.2, 0.25) is 0 Å². The summed E-state index contributed by atoms with van der Waals surface area (Å²) in [7, 11) is 0. The molecule has 3 nitrogen and oxygen atoms in total. The van der Waals surface area contributed by atoms with Crippen molar-refractivity contribution in [2.45, 2.75) is 18.9 Å². The number of aliphatic hydroxyl groups is 1. The van der Waals surface area contributed by atoms with E-state index < -0.39 is 0 Å².